The summed E-state index contributed by atoms with van der Waals surface area (Å²) in [6.45, 7) is 0. The SMILES string of the molecule is O=C(Cc1c[nH]c2ccccc12)Nc1cccc(NS(=O)(=O)c2ccccc2)c1. The Kier molecular flexibility index (Phi) is 5.05. The molecule has 0 bridgehead atoms. The fourth-order valence-electron chi connectivity index (χ4n) is 3.13. The number of rotatable bonds is 6. The van der Waals surface area contributed by atoms with E-state index in [9.17, 15) is 13.2 Å². The smallest absolute Gasteiger partial charge is 0.261 e. The zero-order valence-electron chi connectivity index (χ0n) is 15.4. The molecule has 4 rings (SSSR count). The number of aromatic nitrogens is 1. The van der Waals surface area contributed by atoms with Gasteiger partial charge in [-0.25, -0.2) is 8.42 Å². The first-order valence-electron chi connectivity index (χ1n) is 9.04. The summed E-state index contributed by atoms with van der Waals surface area (Å²) < 4.78 is 27.5. The van der Waals surface area contributed by atoms with Gasteiger partial charge in [-0.05, 0) is 42.0 Å². The molecular weight excluding hydrogens is 386 g/mol. The van der Waals surface area contributed by atoms with Crippen LogP contribution in [0.4, 0.5) is 11.4 Å². The minimum absolute atomic E-state index is 0.175. The lowest BCUT2D eigenvalue weighted by atomic mass is 10.1. The molecule has 4 aromatic rings. The molecule has 7 heteroatoms. The van der Waals surface area contributed by atoms with Crippen molar-refractivity contribution in [1.29, 1.82) is 0 Å². The van der Waals surface area contributed by atoms with Gasteiger partial charge >= 0.3 is 0 Å². The molecule has 6 nitrogen and oxygen atoms in total. The number of anilines is 2. The summed E-state index contributed by atoms with van der Waals surface area (Å²) in [6, 6.07) is 22.5. The molecule has 0 saturated heterocycles. The second kappa shape index (κ2) is 7.81. The molecule has 3 aromatic carbocycles. The number of nitrogens with one attached hydrogen (secondary N) is 3. The summed E-state index contributed by atoms with van der Waals surface area (Å²) in [7, 11) is -3.69. The van der Waals surface area contributed by atoms with E-state index in [-0.39, 0.29) is 17.2 Å². The summed E-state index contributed by atoms with van der Waals surface area (Å²) >= 11 is 0. The van der Waals surface area contributed by atoms with E-state index in [1.54, 1.807) is 42.5 Å². The molecule has 0 radical (unpaired) electrons. The lowest BCUT2D eigenvalue weighted by molar-refractivity contribution is -0.115. The molecule has 1 aromatic heterocycles. The second-order valence-corrected chi connectivity index (χ2v) is 8.27. The highest BCUT2D eigenvalue weighted by Crippen LogP contribution is 2.21. The molecule has 0 spiro atoms. The molecule has 0 aliphatic carbocycles. The average molecular weight is 405 g/mol. The first-order chi connectivity index (χ1) is 14.0. The summed E-state index contributed by atoms with van der Waals surface area (Å²) in [6.07, 6.45) is 2.04. The second-order valence-electron chi connectivity index (χ2n) is 6.58. The molecule has 1 amide bonds. The number of H-pyrrole nitrogens is 1. The number of aromatic amines is 1. The van der Waals surface area contributed by atoms with Crippen LogP contribution in [0.3, 0.4) is 0 Å². The van der Waals surface area contributed by atoms with Gasteiger partial charge in [0.2, 0.25) is 5.91 Å². The molecule has 29 heavy (non-hydrogen) atoms. The van der Waals surface area contributed by atoms with Crippen LogP contribution in [-0.4, -0.2) is 19.3 Å². The Bertz CT molecular complexity index is 1260. The largest absolute Gasteiger partial charge is 0.361 e. The highest BCUT2D eigenvalue weighted by molar-refractivity contribution is 7.92. The minimum atomic E-state index is -3.69. The van der Waals surface area contributed by atoms with E-state index in [1.807, 2.05) is 30.5 Å². The van der Waals surface area contributed by atoms with Crippen molar-refractivity contribution < 1.29 is 13.2 Å². The summed E-state index contributed by atoms with van der Waals surface area (Å²) in [4.78, 5) is 15.8. The minimum Gasteiger partial charge on any atom is -0.361 e. The molecule has 3 N–H and O–H groups in total. The molecule has 0 aliphatic rings. The van der Waals surface area contributed by atoms with Gasteiger partial charge in [0.15, 0.2) is 0 Å². The fraction of sp³-hybridized carbons (Fsp3) is 0.0455. The van der Waals surface area contributed by atoms with Crippen molar-refractivity contribution in [1.82, 2.24) is 4.98 Å². The Morgan fingerprint density at radius 3 is 2.41 bits per heavy atom. The number of carbonyl (C=O) groups is 1. The van der Waals surface area contributed by atoms with Gasteiger partial charge in [-0.1, -0.05) is 42.5 Å². The van der Waals surface area contributed by atoms with Crippen molar-refractivity contribution >= 4 is 38.2 Å². The molecular formula is C22H19N3O3S. The van der Waals surface area contributed by atoms with Crippen molar-refractivity contribution in [3.8, 4) is 0 Å². The van der Waals surface area contributed by atoms with Crippen molar-refractivity contribution in [3.05, 3.63) is 90.6 Å². The van der Waals surface area contributed by atoms with E-state index in [4.69, 9.17) is 0 Å². The Hall–Kier alpha value is -3.58. The Labute approximate surface area is 168 Å². The number of amides is 1. The molecule has 0 saturated carbocycles. The summed E-state index contributed by atoms with van der Waals surface area (Å²) in [5.74, 6) is -0.183. The maximum Gasteiger partial charge on any atom is 0.261 e. The normalized spacial score (nSPS) is 11.3. The third kappa shape index (κ3) is 4.30. The Morgan fingerprint density at radius 2 is 1.59 bits per heavy atom. The number of hydrogen-bond acceptors (Lipinski definition) is 3. The molecule has 146 valence electrons. The lowest BCUT2D eigenvalue weighted by Crippen LogP contribution is -2.15. The molecule has 1 heterocycles. The van der Waals surface area contributed by atoms with Crippen molar-refractivity contribution in [2.75, 3.05) is 10.0 Å². The van der Waals surface area contributed by atoms with E-state index in [0.717, 1.165) is 16.5 Å². The summed E-state index contributed by atoms with van der Waals surface area (Å²) in [5, 5.41) is 3.83. The van der Waals surface area contributed by atoms with E-state index < -0.39 is 10.0 Å². The number of carbonyl (C=O) groups excluding carboxylic acids is 1. The maximum atomic E-state index is 12.5. The summed E-state index contributed by atoms with van der Waals surface area (Å²) in [5.41, 5.74) is 2.77. The fourth-order valence-corrected chi connectivity index (χ4v) is 4.20. The zero-order chi connectivity index (χ0) is 20.3. The van der Waals surface area contributed by atoms with Crippen LogP contribution >= 0.6 is 0 Å². The van der Waals surface area contributed by atoms with E-state index in [1.165, 1.54) is 12.1 Å². The van der Waals surface area contributed by atoms with E-state index >= 15 is 0 Å². The van der Waals surface area contributed by atoms with Crippen molar-refractivity contribution in [3.63, 3.8) is 0 Å². The number of hydrogen-bond donors (Lipinski definition) is 3. The predicted molar refractivity (Wildman–Crippen MR) is 114 cm³/mol. The topological polar surface area (TPSA) is 91.1 Å². The van der Waals surface area contributed by atoms with E-state index in [2.05, 4.69) is 15.0 Å². The molecule has 0 aliphatic heterocycles. The first-order valence-corrected chi connectivity index (χ1v) is 10.5. The van der Waals surface area contributed by atoms with Gasteiger partial charge in [-0.2, -0.15) is 0 Å². The van der Waals surface area contributed by atoms with Crippen LogP contribution < -0.4 is 10.0 Å². The predicted octanol–water partition coefficient (Wildman–Crippen LogP) is 4.15. The number of para-hydroxylation sites is 1. The van der Waals surface area contributed by atoms with Gasteiger partial charge in [-0.15, -0.1) is 0 Å². The molecule has 0 atom stereocenters. The van der Waals surface area contributed by atoms with Gasteiger partial charge < -0.3 is 10.3 Å². The van der Waals surface area contributed by atoms with Gasteiger partial charge in [0.1, 0.15) is 0 Å². The maximum absolute atomic E-state index is 12.5. The average Bonchev–Trinajstić information content (AvgIpc) is 3.11. The highest BCUT2D eigenvalue weighted by Gasteiger charge is 2.14. The van der Waals surface area contributed by atoms with Crippen LogP contribution in [-0.2, 0) is 21.2 Å². The number of fused-ring (bicyclic) bond motifs is 1. The standard InChI is InChI=1S/C22H19N3O3S/c26-22(13-16-15-23-21-12-5-4-11-20(16)21)24-17-7-6-8-18(14-17)25-29(27,28)19-9-2-1-3-10-19/h1-12,14-15,23,25H,13H2,(H,24,26). The van der Waals surface area contributed by atoms with Gasteiger partial charge in [-0.3, -0.25) is 9.52 Å². The lowest BCUT2D eigenvalue weighted by Gasteiger charge is -2.10. The Balaban J connectivity index is 1.47. The van der Waals surface area contributed by atoms with Crippen LogP contribution in [0.25, 0.3) is 10.9 Å². The Morgan fingerprint density at radius 1 is 0.862 bits per heavy atom. The van der Waals surface area contributed by atoms with Gasteiger partial charge in [0, 0.05) is 22.8 Å². The third-order valence-electron chi connectivity index (χ3n) is 4.48. The number of sulfonamides is 1. The molecule has 0 unspecified atom stereocenters. The van der Waals surface area contributed by atoms with E-state index in [0.29, 0.717) is 11.4 Å². The molecule has 0 fully saturated rings. The van der Waals surface area contributed by atoms with Crippen LogP contribution in [0.5, 0.6) is 0 Å². The van der Waals surface area contributed by atoms with Gasteiger partial charge in [0.05, 0.1) is 17.0 Å². The van der Waals surface area contributed by atoms with Gasteiger partial charge in [0.25, 0.3) is 10.0 Å². The van der Waals surface area contributed by atoms with Crippen LogP contribution in [0, 0.1) is 0 Å². The third-order valence-corrected chi connectivity index (χ3v) is 5.88. The van der Waals surface area contributed by atoms with Crippen LogP contribution in [0.1, 0.15) is 5.56 Å². The first kappa shape index (κ1) is 18.8. The van der Waals surface area contributed by atoms with Crippen LogP contribution in [0.15, 0.2) is 90.0 Å². The van der Waals surface area contributed by atoms with Crippen LogP contribution in [0.2, 0.25) is 0 Å². The highest BCUT2D eigenvalue weighted by atomic mass is 32.2. The van der Waals surface area contributed by atoms with Crippen molar-refractivity contribution in [2.45, 2.75) is 11.3 Å². The van der Waals surface area contributed by atoms with Crippen molar-refractivity contribution in [2.24, 2.45) is 0 Å². The monoisotopic (exact) mass is 405 g/mol. The number of benzene rings is 3. The quantitative estimate of drug-likeness (QED) is 0.450. The zero-order valence-corrected chi connectivity index (χ0v) is 16.2.